The maximum Gasteiger partial charge on any atom is 0.306 e. The first-order chi connectivity index (χ1) is 29.5. The SMILES string of the molecule is CC\C=C/C=C\C=C/CCCCCCCCCC(=O)OCC(COC(=O)CCCCCCCCCCCCCC)OC(=O)CCCCCCCCC/C=C\CCCCCC. The molecule has 1 unspecified atom stereocenters. The summed E-state index contributed by atoms with van der Waals surface area (Å²) < 4.78 is 16.8. The van der Waals surface area contributed by atoms with Crippen molar-refractivity contribution in [2.24, 2.45) is 0 Å². The Kier molecular flexibility index (Phi) is 46.9. The van der Waals surface area contributed by atoms with E-state index in [4.69, 9.17) is 14.2 Å². The van der Waals surface area contributed by atoms with E-state index in [2.05, 4.69) is 69.4 Å². The van der Waals surface area contributed by atoms with E-state index in [9.17, 15) is 14.4 Å². The Morgan fingerprint density at radius 2 is 0.667 bits per heavy atom. The fourth-order valence-corrected chi connectivity index (χ4v) is 7.26. The zero-order valence-corrected chi connectivity index (χ0v) is 39.7. The van der Waals surface area contributed by atoms with Crippen LogP contribution in [0.25, 0.3) is 0 Å². The van der Waals surface area contributed by atoms with E-state index < -0.39 is 6.10 Å². The third-order valence-electron chi connectivity index (χ3n) is 11.1. The molecule has 0 heterocycles. The van der Waals surface area contributed by atoms with Crippen molar-refractivity contribution in [3.05, 3.63) is 48.6 Å². The summed E-state index contributed by atoms with van der Waals surface area (Å²) in [6, 6.07) is 0. The van der Waals surface area contributed by atoms with Crippen LogP contribution in [0, 0.1) is 0 Å². The standard InChI is InChI=1S/C54H96O6/c1-4-7-10-13-16-19-22-25-27-29-32-35-38-41-44-47-53(56)59-50-51(49-58-52(55)46-43-40-37-34-31-24-21-18-15-12-9-6-3)60-54(57)48-45-42-39-36-33-30-28-26-23-20-17-14-11-8-5-2/h7,10,13,16,19-20,22-23,51H,4-6,8-9,11-12,14-15,17-18,21,24-50H2,1-3H3/b10-7-,16-13-,22-19-,23-20-. The molecule has 6 nitrogen and oxygen atoms in total. The normalized spacial score (nSPS) is 12.4. The molecule has 0 N–H and O–H groups in total. The van der Waals surface area contributed by atoms with Crippen molar-refractivity contribution in [2.75, 3.05) is 13.2 Å². The molecule has 0 bridgehead atoms. The summed E-state index contributed by atoms with van der Waals surface area (Å²) in [5, 5.41) is 0. The van der Waals surface area contributed by atoms with Crippen LogP contribution in [0.1, 0.15) is 258 Å². The van der Waals surface area contributed by atoms with Gasteiger partial charge in [-0.25, -0.2) is 0 Å². The maximum atomic E-state index is 12.8. The molecule has 0 spiro atoms. The van der Waals surface area contributed by atoms with E-state index in [1.165, 1.54) is 148 Å². The van der Waals surface area contributed by atoms with Crippen LogP contribution in [0.2, 0.25) is 0 Å². The fourth-order valence-electron chi connectivity index (χ4n) is 7.26. The third-order valence-corrected chi connectivity index (χ3v) is 11.1. The second kappa shape index (κ2) is 49.0. The van der Waals surface area contributed by atoms with E-state index in [0.29, 0.717) is 19.3 Å². The average Bonchev–Trinajstić information content (AvgIpc) is 3.24. The molecular weight excluding hydrogens is 745 g/mol. The molecule has 348 valence electrons. The maximum absolute atomic E-state index is 12.8. The van der Waals surface area contributed by atoms with Crippen LogP contribution in [0.15, 0.2) is 48.6 Å². The number of esters is 3. The molecule has 0 aliphatic heterocycles. The number of carbonyl (C=O) groups is 3. The van der Waals surface area contributed by atoms with Crippen LogP contribution >= 0.6 is 0 Å². The van der Waals surface area contributed by atoms with Crippen molar-refractivity contribution in [1.82, 2.24) is 0 Å². The number of ether oxygens (including phenoxy) is 3. The zero-order valence-electron chi connectivity index (χ0n) is 39.7. The Balaban J connectivity index is 4.38. The predicted octanol–water partition coefficient (Wildman–Crippen LogP) is 16.7. The molecule has 0 saturated carbocycles. The third kappa shape index (κ3) is 46.4. The fraction of sp³-hybridized carbons (Fsp3) is 0.796. The molecule has 0 amide bonds. The van der Waals surface area contributed by atoms with Crippen LogP contribution in [0.4, 0.5) is 0 Å². The number of hydrogen-bond acceptors (Lipinski definition) is 6. The first-order valence-corrected chi connectivity index (χ1v) is 25.7. The van der Waals surface area contributed by atoms with Crippen molar-refractivity contribution in [2.45, 2.75) is 264 Å². The molecule has 0 aromatic carbocycles. The number of rotatable bonds is 46. The molecule has 60 heavy (non-hydrogen) atoms. The minimum Gasteiger partial charge on any atom is -0.462 e. The lowest BCUT2D eigenvalue weighted by molar-refractivity contribution is -0.167. The van der Waals surface area contributed by atoms with Gasteiger partial charge in [0.05, 0.1) is 0 Å². The highest BCUT2D eigenvalue weighted by Crippen LogP contribution is 2.15. The van der Waals surface area contributed by atoms with E-state index in [1.54, 1.807) is 0 Å². The molecule has 0 rings (SSSR count). The minimum absolute atomic E-state index is 0.0764. The number of allylic oxidation sites excluding steroid dienone is 8. The van der Waals surface area contributed by atoms with E-state index in [0.717, 1.165) is 70.6 Å². The van der Waals surface area contributed by atoms with Crippen molar-refractivity contribution in [1.29, 1.82) is 0 Å². The van der Waals surface area contributed by atoms with Gasteiger partial charge in [-0.3, -0.25) is 14.4 Å². The van der Waals surface area contributed by atoms with E-state index in [1.807, 2.05) is 0 Å². The van der Waals surface area contributed by atoms with E-state index in [-0.39, 0.29) is 31.1 Å². The lowest BCUT2D eigenvalue weighted by Gasteiger charge is -2.18. The molecule has 0 aliphatic carbocycles. The Bertz CT molecular complexity index is 1060. The van der Waals surface area contributed by atoms with Gasteiger partial charge in [0.1, 0.15) is 13.2 Å². The van der Waals surface area contributed by atoms with Crippen LogP contribution in [-0.2, 0) is 28.6 Å². The van der Waals surface area contributed by atoms with Gasteiger partial charge in [-0.05, 0) is 64.2 Å². The lowest BCUT2D eigenvalue weighted by atomic mass is 10.0. The second-order valence-electron chi connectivity index (χ2n) is 17.1. The largest absolute Gasteiger partial charge is 0.462 e. The molecule has 1 atom stereocenters. The summed E-state index contributed by atoms with van der Waals surface area (Å²) in [5.41, 5.74) is 0. The van der Waals surface area contributed by atoms with Crippen molar-refractivity contribution in [3.8, 4) is 0 Å². The van der Waals surface area contributed by atoms with Crippen LogP contribution in [0.3, 0.4) is 0 Å². The summed E-state index contributed by atoms with van der Waals surface area (Å²) in [6.07, 6.45) is 58.0. The van der Waals surface area contributed by atoms with Gasteiger partial charge < -0.3 is 14.2 Å². The number of hydrogen-bond donors (Lipinski definition) is 0. The highest BCUT2D eigenvalue weighted by molar-refractivity contribution is 5.71. The van der Waals surface area contributed by atoms with Gasteiger partial charge in [0.15, 0.2) is 6.10 Å². The summed E-state index contributed by atoms with van der Waals surface area (Å²) in [4.78, 5) is 37.9. The second-order valence-corrected chi connectivity index (χ2v) is 17.1. The van der Waals surface area contributed by atoms with Crippen LogP contribution in [-0.4, -0.2) is 37.2 Å². The van der Waals surface area contributed by atoms with E-state index >= 15 is 0 Å². The predicted molar refractivity (Wildman–Crippen MR) is 256 cm³/mol. The first-order valence-electron chi connectivity index (χ1n) is 25.7. The summed E-state index contributed by atoms with van der Waals surface area (Å²) in [6.45, 7) is 6.49. The first kappa shape index (κ1) is 57.4. The molecule has 0 aromatic rings. The Morgan fingerprint density at radius 1 is 0.350 bits per heavy atom. The van der Waals surface area contributed by atoms with Gasteiger partial charge in [0.2, 0.25) is 0 Å². The van der Waals surface area contributed by atoms with Crippen LogP contribution in [0.5, 0.6) is 0 Å². The molecular formula is C54H96O6. The minimum atomic E-state index is -0.776. The van der Waals surface area contributed by atoms with Crippen molar-refractivity contribution < 1.29 is 28.6 Å². The highest BCUT2D eigenvalue weighted by atomic mass is 16.6. The van der Waals surface area contributed by atoms with Gasteiger partial charge in [-0.1, -0.05) is 223 Å². The molecule has 0 fully saturated rings. The molecule has 0 saturated heterocycles. The summed E-state index contributed by atoms with van der Waals surface area (Å²) in [5.74, 6) is -0.887. The molecule has 0 aromatic heterocycles. The van der Waals surface area contributed by atoms with Crippen molar-refractivity contribution in [3.63, 3.8) is 0 Å². The lowest BCUT2D eigenvalue weighted by Crippen LogP contribution is -2.30. The topological polar surface area (TPSA) is 78.9 Å². The monoisotopic (exact) mass is 841 g/mol. The molecule has 0 aliphatic rings. The highest BCUT2D eigenvalue weighted by Gasteiger charge is 2.19. The zero-order chi connectivity index (χ0) is 43.7. The van der Waals surface area contributed by atoms with Gasteiger partial charge in [0.25, 0.3) is 0 Å². The summed E-state index contributed by atoms with van der Waals surface area (Å²) in [7, 11) is 0. The van der Waals surface area contributed by atoms with Gasteiger partial charge in [-0.2, -0.15) is 0 Å². The molecule has 0 radical (unpaired) electrons. The van der Waals surface area contributed by atoms with Crippen LogP contribution < -0.4 is 0 Å². The average molecular weight is 841 g/mol. The van der Waals surface area contributed by atoms with Gasteiger partial charge >= 0.3 is 17.9 Å². The van der Waals surface area contributed by atoms with Gasteiger partial charge in [-0.15, -0.1) is 0 Å². The smallest absolute Gasteiger partial charge is 0.306 e. The Labute approximate surface area is 371 Å². The number of unbranched alkanes of at least 4 members (excludes halogenated alkanes) is 29. The van der Waals surface area contributed by atoms with Gasteiger partial charge in [0, 0.05) is 19.3 Å². The Morgan fingerprint density at radius 3 is 1.07 bits per heavy atom. The number of carbonyl (C=O) groups excluding carboxylic acids is 3. The summed E-state index contributed by atoms with van der Waals surface area (Å²) >= 11 is 0. The quantitative estimate of drug-likeness (QED) is 0.0200. The van der Waals surface area contributed by atoms with Crippen molar-refractivity contribution >= 4 is 17.9 Å². The molecule has 6 heteroatoms. The Hall–Kier alpha value is -2.63.